The molecule has 144 valence electrons. The maximum atomic E-state index is 12.7. The normalized spacial score (nSPS) is 19.3. The van der Waals surface area contributed by atoms with E-state index in [0.717, 1.165) is 0 Å². The Morgan fingerprint density at radius 2 is 1.92 bits per heavy atom. The Labute approximate surface area is 154 Å². The summed E-state index contributed by atoms with van der Waals surface area (Å²) in [6.07, 6.45) is 1.18. The Balaban J connectivity index is 2.09. The molecule has 1 aliphatic heterocycles. The molecule has 2 rings (SSSR count). The number of carbonyl (C=O) groups excluding carboxylic acids is 1. The summed E-state index contributed by atoms with van der Waals surface area (Å²) in [5, 5.41) is 8.47. The molecule has 1 aliphatic rings. The molecule has 1 aromatic carbocycles. The highest BCUT2D eigenvalue weighted by molar-refractivity contribution is 7.90. The van der Waals surface area contributed by atoms with Gasteiger partial charge in [0.2, 0.25) is 10.0 Å². The van der Waals surface area contributed by atoms with Gasteiger partial charge in [-0.2, -0.15) is 0 Å². The number of carboxylic acids is 1. The van der Waals surface area contributed by atoms with Crippen molar-refractivity contribution in [1.29, 1.82) is 0 Å². The topological polar surface area (TPSA) is 104 Å². The molecule has 2 atom stereocenters. The molecule has 2 N–H and O–H groups in total. The number of hydrogen-bond acceptors (Lipinski definition) is 4. The van der Waals surface area contributed by atoms with Gasteiger partial charge in [0.05, 0.1) is 5.25 Å². The molecule has 0 bridgehead atoms. The summed E-state index contributed by atoms with van der Waals surface area (Å²) in [5.74, 6) is -1.35. The lowest BCUT2D eigenvalue weighted by atomic mass is 10.1. The Kier molecular flexibility index (Phi) is 6.77. The van der Waals surface area contributed by atoms with Gasteiger partial charge in [0, 0.05) is 18.7 Å². The summed E-state index contributed by atoms with van der Waals surface area (Å²) >= 11 is 0. The molecule has 8 heteroatoms. The summed E-state index contributed by atoms with van der Waals surface area (Å²) in [5.41, 5.74) is 0.515. The van der Waals surface area contributed by atoms with Crippen LogP contribution < -0.4 is 4.72 Å². The third kappa shape index (κ3) is 5.28. The van der Waals surface area contributed by atoms with Crippen molar-refractivity contribution in [3.63, 3.8) is 0 Å². The second-order valence-corrected chi connectivity index (χ2v) is 9.06. The van der Waals surface area contributed by atoms with Crippen molar-refractivity contribution in [1.82, 2.24) is 9.62 Å². The van der Waals surface area contributed by atoms with E-state index in [1.807, 2.05) is 19.9 Å². The lowest BCUT2D eigenvalue weighted by molar-refractivity contribution is -0.139. The van der Waals surface area contributed by atoms with Crippen molar-refractivity contribution >= 4 is 21.9 Å². The smallest absolute Gasteiger partial charge is 0.321 e. The van der Waals surface area contributed by atoms with E-state index in [4.69, 9.17) is 0 Å². The summed E-state index contributed by atoms with van der Waals surface area (Å²) < 4.78 is 27.7. The number of sulfonamides is 1. The molecular weight excluding hydrogens is 356 g/mol. The molecule has 0 spiro atoms. The summed E-state index contributed by atoms with van der Waals surface area (Å²) in [6, 6.07) is 7.57. The second-order valence-electron chi connectivity index (χ2n) is 7.06. The Hall–Kier alpha value is -1.93. The third-order valence-corrected chi connectivity index (χ3v) is 6.31. The molecule has 7 nitrogen and oxygen atoms in total. The first kappa shape index (κ1) is 20.4. The van der Waals surface area contributed by atoms with Gasteiger partial charge in [0.25, 0.3) is 5.91 Å². The van der Waals surface area contributed by atoms with Gasteiger partial charge < -0.3 is 10.0 Å². The van der Waals surface area contributed by atoms with Gasteiger partial charge in [0.15, 0.2) is 0 Å². The van der Waals surface area contributed by atoms with E-state index in [0.29, 0.717) is 24.9 Å². The molecule has 0 saturated carbocycles. The number of nitrogens with one attached hydrogen (secondary N) is 1. The first-order chi connectivity index (χ1) is 12.2. The average Bonchev–Trinajstić information content (AvgIpc) is 2.60. The number of benzene rings is 1. The van der Waals surface area contributed by atoms with Gasteiger partial charge in [-0.25, -0.2) is 13.1 Å². The number of amides is 1. The molecule has 0 radical (unpaired) electrons. The maximum Gasteiger partial charge on any atom is 0.321 e. The fourth-order valence-corrected chi connectivity index (χ4v) is 4.74. The van der Waals surface area contributed by atoms with E-state index in [9.17, 15) is 23.1 Å². The van der Waals surface area contributed by atoms with Gasteiger partial charge >= 0.3 is 5.97 Å². The van der Waals surface area contributed by atoms with Crippen LogP contribution in [0.2, 0.25) is 0 Å². The molecule has 1 aromatic rings. The van der Waals surface area contributed by atoms with Crippen molar-refractivity contribution in [2.45, 2.75) is 44.4 Å². The zero-order chi connectivity index (χ0) is 19.3. The largest absolute Gasteiger partial charge is 0.480 e. The van der Waals surface area contributed by atoms with Crippen molar-refractivity contribution in [2.24, 2.45) is 5.92 Å². The van der Waals surface area contributed by atoms with Crippen LogP contribution in [0.15, 0.2) is 30.3 Å². The summed E-state index contributed by atoms with van der Waals surface area (Å²) in [6.45, 7) is 4.24. The molecule has 0 aliphatic carbocycles. The van der Waals surface area contributed by atoms with Crippen LogP contribution in [0.5, 0.6) is 0 Å². The highest BCUT2D eigenvalue weighted by Crippen LogP contribution is 2.20. The van der Waals surface area contributed by atoms with Crippen LogP contribution in [0.25, 0.3) is 0 Å². The first-order valence-corrected chi connectivity index (χ1v) is 10.3. The van der Waals surface area contributed by atoms with Gasteiger partial charge in [-0.05, 0) is 37.3 Å². The van der Waals surface area contributed by atoms with E-state index in [2.05, 4.69) is 4.72 Å². The molecule has 1 fully saturated rings. The molecule has 26 heavy (non-hydrogen) atoms. The molecule has 1 amide bonds. The fraction of sp³-hybridized carbons (Fsp3) is 0.556. The Bertz CT molecular complexity index is 733. The molecule has 0 aromatic heterocycles. The molecular formula is C18H26N2O5S. The van der Waals surface area contributed by atoms with Crippen molar-refractivity contribution in [3.8, 4) is 0 Å². The van der Waals surface area contributed by atoms with Crippen LogP contribution in [0.4, 0.5) is 0 Å². The minimum Gasteiger partial charge on any atom is -0.480 e. The Morgan fingerprint density at radius 1 is 1.27 bits per heavy atom. The Morgan fingerprint density at radius 3 is 2.50 bits per heavy atom. The lowest BCUT2D eigenvalue weighted by Gasteiger charge is -2.33. The van der Waals surface area contributed by atoms with Crippen molar-refractivity contribution in [2.75, 3.05) is 13.1 Å². The van der Waals surface area contributed by atoms with Gasteiger partial charge in [-0.3, -0.25) is 9.59 Å². The van der Waals surface area contributed by atoms with Gasteiger partial charge in [0.1, 0.15) is 6.04 Å². The predicted octanol–water partition coefficient (Wildman–Crippen LogP) is 1.71. The van der Waals surface area contributed by atoms with Crippen LogP contribution in [0, 0.1) is 5.92 Å². The number of carbonyl (C=O) groups is 2. The SMILES string of the molecule is CC(C)C[C@H](NS(=O)(=O)C1CCCN(C(=O)c2ccccc2)C1)C(=O)O. The zero-order valence-electron chi connectivity index (χ0n) is 15.1. The van der Waals surface area contributed by atoms with Gasteiger partial charge in [-0.1, -0.05) is 32.0 Å². The van der Waals surface area contributed by atoms with Crippen LogP contribution in [0.1, 0.15) is 43.5 Å². The zero-order valence-corrected chi connectivity index (χ0v) is 15.9. The van der Waals surface area contributed by atoms with E-state index >= 15 is 0 Å². The van der Waals surface area contributed by atoms with Crippen LogP contribution in [0.3, 0.4) is 0 Å². The highest BCUT2D eigenvalue weighted by atomic mass is 32.2. The predicted molar refractivity (Wildman–Crippen MR) is 98.3 cm³/mol. The number of piperidine rings is 1. The standard InChI is InChI=1S/C18H26N2O5S/c1-13(2)11-16(18(22)23)19-26(24,25)15-9-6-10-20(12-15)17(21)14-7-4-3-5-8-14/h3-5,7-8,13,15-16,19H,6,9-12H2,1-2H3,(H,22,23)/t15?,16-/m0/s1. The van der Waals surface area contributed by atoms with E-state index in [1.165, 1.54) is 4.90 Å². The van der Waals surface area contributed by atoms with E-state index in [1.54, 1.807) is 24.3 Å². The summed E-state index contributed by atoms with van der Waals surface area (Å²) in [4.78, 5) is 25.5. The number of nitrogens with zero attached hydrogens (tertiary/aromatic N) is 1. The first-order valence-electron chi connectivity index (χ1n) is 8.79. The quantitative estimate of drug-likeness (QED) is 0.747. The second kappa shape index (κ2) is 8.64. The van der Waals surface area contributed by atoms with Gasteiger partial charge in [-0.15, -0.1) is 0 Å². The lowest BCUT2D eigenvalue weighted by Crippen LogP contribution is -2.52. The van der Waals surface area contributed by atoms with Crippen molar-refractivity contribution in [3.05, 3.63) is 35.9 Å². The molecule has 1 heterocycles. The number of carboxylic acid groups (broad SMARTS) is 1. The number of hydrogen-bond donors (Lipinski definition) is 2. The molecule has 1 saturated heterocycles. The molecule has 1 unspecified atom stereocenters. The minimum absolute atomic E-state index is 0.0429. The fourth-order valence-electron chi connectivity index (χ4n) is 3.10. The number of rotatable bonds is 7. The van der Waals surface area contributed by atoms with Crippen LogP contribution in [-0.4, -0.2) is 54.7 Å². The average molecular weight is 382 g/mol. The maximum absolute atomic E-state index is 12.7. The van der Waals surface area contributed by atoms with Crippen LogP contribution in [-0.2, 0) is 14.8 Å². The number of likely N-dealkylation sites (tertiary alicyclic amines) is 1. The minimum atomic E-state index is -3.85. The van der Waals surface area contributed by atoms with E-state index < -0.39 is 27.3 Å². The van der Waals surface area contributed by atoms with Crippen molar-refractivity contribution < 1.29 is 23.1 Å². The van der Waals surface area contributed by atoms with E-state index in [-0.39, 0.29) is 24.8 Å². The van der Waals surface area contributed by atoms with Crippen LogP contribution >= 0.6 is 0 Å². The summed E-state index contributed by atoms with van der Waals surface area (Å²) in [7, 11) is -3.85. The number of aliphatic carboxylic acids is 1. The third-order valence-electron chi connectivity index (χ3n) is 4.44. The highest BCUT2D eigenvalue weighted by Gasteiger charge is 2.35. The monoisotopic (exact) mass is 382 g/mol.